The molecule has 0 heterocycles. The summed E-state index contributed by atoms with van der Waals surface area (Å²) in [6.45, 7) is 11.2. The first-order valence-corrected chi connectivity index (χ1v) is 10.5. The second-order valence-corrected chi connectivity index (χ2v) is 8.49. The zero-order valence-electron chi connectivity index (χ0n) is 18.7. The Morgan fingerprint density at radius 3 is 2.52 bits per heavy atom. The molecule has 0 saturated carbocycles. The van der Waals surface area contributed by atoms with Gasteiger partial charge >= 0.3 is 5.97 Å². The van der Waals surface area contributed by atoms with Gasteiger partial charge in [-0.15, -0.1) is 0 Å². The van der Waals surface area contributed by atoms with Gasteiger partial charge in [0.2, 0.25) is 5.91 Å². The SMILES string of the molecule is CC1=C(/C=C/C(C)=C/C=C/C(C)=C/COC(=O)CCCC(N)=O)C(C)(C)CCC1. The molecule has 160 valence electrons. The van der Waals surface area contributed by atoms with Crippen LogP contribution < -0.4 is 5.73 Å². The number of allylic oxidation sites excluding steroid dienone is 9. The molecule has 0 aromatic rings. The number of hydrogen-bond donors (Lipinski definition) is 1. The van der Waals surface area contributed by atoms with E-state index in [1.807, 2.05) is 25.2 Å². The molecular formula is C25H37NO3. The van der Waals surface area contributed by atoms with Gasteiger partial charge in [0, 0.05) is 12.8 Å². The van der Waals surface area contributed by atoms with Gasteiger partial charge in [0.1, 0.15) is 6.61 Å². The second-order valence-electron chi connectivity index (χ2n) is 8.49. The lowest BCUT2D eigenvalue weighted by Crippen LogP contribution is -2.19. The van der Waals surface area contributed by atoms with Crippen LogP contribution in [0.15, 0.2) is 58.7 Å². The number of esters is 1. The third-order valence-electron chi connectivity index (χ3n) is 5.23. The average Bonchev–Trinajstić information content (AvgIpc) is 2.60. The number of rotatable bonds is 10. The Labute approximate surface area is 176 Å². The molecule has 0 radical (unpaired) electrons. The minimum Gasteiger partial charge on any atom is -0.461 e. The van der Waals surface area contributed by atoms with Gasteiger partial charge in [-0.05, 0) is 63.5 Å². The smallest absolute Gasteiger partial charge is 0.306 e. The van der Waals surface area contributed by atoms with E-state index in [0.29, 0.717) is 6.42 Å². The molecule has 1 rings (SSSR count). The molecule has 1 aliphatic rings. The summed E-state index contributed by atoms with van der Waals surface area (Å²) < 4.78 is 5.12. The van der Waals surface area contributed by atoms with E-state index in [2.05, 4.69) is 45.9 Å². The molecule has 4 heteroatoms. The van der Waals surface area contributed by atoms with Crippen molar-refractivity contribution in [3.8, 4) is 0 Å². The lowest BCUT2D eigenvalue weighted by atomic mass is 9.72. The molecule has 0 unspecified atom stereocenters. The quantitative estimate of drug-likeness (QED) is 0.377. The Hall–Kier alpha value is -2.36. The van der Waals surface area contributed by atoms with Crippen molar-refractivity contribution in [1.29, 1.82) is 0 Å². The van der Waals surface area contributed by atoms with Crippen LogP contribution in [0.25, 0.3) is 0 Å². The van der Waals surface area contributed by atoms with E-state index in [1.54, 1.807) is 0 Å². The van der Waals surface area contributed by atoms with Gasteiger partial charge in [0.25, 0.3) is 0 Å². The zero-order valence-corrected chi connectivity index (χ0v) is 18.7. The van der Waals surface area contributed by atoms with Crippen LogP contribution in [0.3, 0.4) is 0 Å². The van der Waals surface area contributed by atoms with Crippen molar-refractivity contribution < 1.29 is 14.3 Å². The number of ether oxygens (including phenoxy) is 1. The fraction of sp³-hybridized carbons (Fsp3) is 0.520. The number of amides is 1. The van der Waals surface area contributed by atoms with Crippen molar-refractivity contribution in [2.24, 2.45) is 11.1 Å². The number of hydrogen-bond acceptors (Lipinski definition) is 3. The topological polar surface area (TPSA) is 69.4 Å². The van der Waals surface area contributed by atoms with Crippen molar-refractivity contribution in [3.63, 3.8) is 0 Å². The van der Waals surface area contributed by atoms with E-state index < -0.39 is 5.91 Å². The monoisotopic (exact) mass is 399 g/mol. The first-order valence-electron chi connectivity index (χ1n) is 10.5. The summed E-state index contributed by atoms with van der Waals surface area (Å²) in [6.07, 6.45) is 17.0. The van der Waals surface area contributed by atoms with Crippen LogP contribution >= 0.6 is 0 Å². The van der Waals surface area contributed by atoms with Gasteiger partial charge in [0.15, 0.2) is 0 Å². The minimum atomic E-state index is -0.397. The van der Waals surface area contributed by atoms with Gasteiger partial charge in [-0.3, -0.25) is 9.59 Å². The molecule has 4 nitrogen and oxygen atoms in total. The van der Waals surface area contributed by atoms with Crippen LogP contribution in [0.2, 0.25) is 0 Å². The van der Waals surface area contributed by atoms with Crippen LogP contribution in [0.4, 0.5) is 0 Å². The number of nitrogens with two attached hydrogens (primary N) is 1. The molecule has 1 amide bonds. The predicted octanol–water partition coefficient (Wildman–Crippen LogP) is 5.72. The Bertz CT molecular complexity index is 733. The Morgan fingerprint density at radius 1 is 1.14 bits per heavy atom. The highest BCUT2D eigenvalue weighted by Crippen LogP contribution is 2.40. The van der Waals surface area contributed by atoms with Crippen LogP contribution in [-0.2, 0) is 14.3 Å². The van der Waals surface area contributed by atoms with E-state index in [4.69, 9.17) is 10.5 Å². The predicted molar refractivity (Wildman–Crippen MR) is 120 cm³/mol. The maximum atomic E-state index is 11.5. The van der Waals surface area contributed by atoms with Crippen LogP contribution in [0.5, 0.6) is 0 Å². The van der Waals surface area contributed by atoms with E-state index in [9.17, 15) is 9.59 Å². The number of primary amides is 1. The summed E-state index contributed by atoms with van der Waals surface area (Å²) in [5.74, 6) is -0.707. The number of carbonyl (C=O) groups is 2. The van der Waals surface area contributed by atoms with Gasteiger partial charge in [-0.25, -0.2) is 0 Å². The molecule has 0 atom stereocenters. The number of carbonyl (C=O) groups excluding carboxylic acids is 2. The molecule has 0 saturated heterocycles. The summed E-state index contributed by atoms with van der Waals surface area (Å²) in [4.78, 5) is 22.2. The van der Waals surface area contributed by atoms with Crippen molar-refractivity contribution in [2.75, 3.05) is 6.61 Å². The van der Waals surface area contributed by atoms with Crippen LogP contribution in [-0.4, -0.2) is 18.5 Å². The fourth-order valence-corrected chi connectivity index (χ4v) is 3.45. The largest absolute Gasteiger partial charge is 0.461 e. The average molecular weight is 400 g/mol. The third-order valence-corrected chi connectivity index (χ3v) is 5.23. The molecule has 29 heavy (non-hydrogen) atoms. The molecule has 0 aromatic heterocycles. The van der Waals surface area contributed by atoms with Crippen LogP contribution in [0.1, 0.15) is 73.1 Å². The second kappa shape index (κ2) is 12.3. The standard InChI is InChI=1S/C25H37NO3/c1-19(14-15-22-21(3)11-8-17-25(22,4)5)9-6-10-20(2)16-18-29-24(28)13-7-12-23(26)27/h6,9-10,14-16H,7-8,11-13,17-18H2,1-5H3,(H2,26,27)/b10-6+,15-14+,19-9+,20-16+. The van der Waals surface area contributed by atoms with E-state index >= 15 is 0 Å². The van der Waals surface area contributed by atoms with Crippen LogP contribution in [0, 0.1) is 5.41 Å². The molecule has 2 N–H and O–H groups in total. The molecule has 0 spiro atoms. The first-order chi connectivity index (χ1) is 13.6. The third kappa shape index (κ3) is 10.1. The molecule has 1 aliphatic carbocycles. The molecular weight excluding hydrogens is 362 g/mol. The van der Waals surface area contributed by atoms with Crippen molar-refractivity contribution in [2.45, 2.75) is 73.1 Å². The highest BCUT2D eigenvalue weighted by atomic mass is 16.5. The normalized spacial score (nSPS) is 18.0. The summed E-state index contributed by atoms with van der Waals surface area (Å²) >= 11 is 0. The van der Waals surface area contributed by atoms with Gasteiger partial charge in [-0.1, -0.05) is 60.9 Å². The van der Waals surface area contributed by atoms with Gasteiger partial charge in [0.05, 0.1) is 0 Å². The first kappa shape index (κ1) is 24.7. The Balaban J connectivity index is 2.49. The maximum absolute atomic E-state index is 11.5. The van der Waals surface area contributed by atoms with E-state index in [1.165, 1.54) is 36.0 Å². The lowest BCUT2D eigenvalue weighted by molar-refractivity contribution is -0.142. The summed E-state index contributed by atoms with van der Waals surface area (Å²) in [5, 5.41) is 0. The molecule has 0 bridgehead atoms. The van der Waals surface area contributed by atoms with Gasteiger partial charge < -0.3 is 10.5 Å². The highest BCUT2D eigenvalue weighted by molar-refractivity contribution is 5.75. The highest BCUT2D eigenvalue weighted by Gasteiger charge is 2.26. The Morgan fingerprint density at radius 2 is 1.86 bits per heavy atom. The van der Waals surface area contributed by atoms with E-state index in [0.717, 1.165) is 5.57 Å². The minimum absolute atomic E-state index is 0.210. The maximum Gasteiger partial charge on any atom is 0.306 e. The molecule has 0 aliphatic heterocycles. The fourth-order valence-electron chi connectivity index (χ4n) is 3.45. The summed E-state index contributed by atoms with van der Waals surface area (Å²) in [5.41, 5.74) is 10.5. The van der Waals surface area contributed by atoms with Crippen molar-refractivity contribution in [3.05, 3.63) is 58.7 Å². The Kier molecular flexibility index (Phi) is 10.4. The molecule has 0 fully saturated rings. The van der Waals surface area contributed by atoms with Crippen molar-refractivity contribution >= 4 is 11.9 Å². The van der Waals surface area contributed by atoms with Gasteiger partial charge in [-0.2, -0.15) is 0 Å². The van der Waals surface area contributed by atoms with E-state index in [-0.39, 0.29) is 30.8 Å². The summed E-state index contributed by atoms with van der Waals surface area (Å²) in [6, 6.07) is 0. The zero-order chi connectivity index (χ0) is 21.9. The summed E-state index contributed by atoms with van der Waals surface area (Å²) in [7, 11) is 0. The lowest BCUT2D eigenvalue weighted by Gasteiger charge is -2.32. The van der Waals surface area contributed by atoms with Crippen molar-refractivity contribution in [1.82, 2.24) is 0 Å². The molecule has 0 aromatic carbocycles.